The lowest BCUT2D eigenvalue weighted by molar-refractivity contribution is 0.342. The molecule has 0 saturated heterocycles. The van der Waals surface area contributed by atoms with Crippen molar-refractivity contribution >= 4 is 11.6 Å². The molecule has 1 N–H and O–H groups in total. The number of benzene rings is 2. The standard InChI is InChI=1S/C17H17ClO/c1-13-10-15(12-16(18)11-13)17-8-3-2-6-14(17)7-4-5-9-19/h2-6,8,10-12,19H,7,9H2,1H3. The van der Waals surface area contributed by atoms with Crippen LogP contribution in [0.3, 0.4) is 0 Å². The molecule has 0 spiro atoms. The molecular formula is C17H17ClO. The summed E-state index contributed by atoms with van der Waals surface area (Å²) in [5.41, 5.74) is 4.71. The van der Waals surface area contributed by atoms with Gasteiger partial charge in [-0.1, -0.05) is 54.1 Å². The highest BCUT2D eigenvalue weighted by molar-refractivity contribution is 6.31. The van der Waals surface area contributed by atoms with Gasteiger partial charge in [-0.2, -0.15) is 0 Å². The lowest BCUT2D eigenvalue weighted by atomic mass is 9.96. The van der Waals surface area contributed by atoms with Crippen molar-refractivity contribution in [2.45, 2.75) is 13.3 Å². The number of aryl methyl sites for hydroxylation is 1. The van der Waals surface area contributed by atoms with Gasteiger partial charge in [-0.05, 0) is 47.7 Å². The number of aliphatic hydroxyl groups excluding tert-OH is 1. The molecule has 0 unspecified atom stereocenters. The van der Waals surface area contributed by atoms with Crippen molar-refractivity contribution in [2.24, 2.45) is 0 Å². The summed E-state index contributed by atoms with van der Waals surface area (Å²) in [6.45, 7) is 2.13. The van der Waals surface area contributed by atoms with E-state index in [1.165, 1.54) is 11.1 Å². The number of hydrogen-bond acceptors (Lipinski definition) is 1. The summed E-state index contributed by atoms with van der Waals surface area (Å²) in [4.78, 5) is 0. The number of hydrogen-bond donors (Lipinski definition) is 1. The van der Waals surface area contributed by atoms with E-state index in [0.717, 1.165) is 22.6 Å². The summed E-state index contributed by atoms with van der Waals surface area (Å²) < 4.78 is 0. The molecule has 0 aliphatic carbocycles. The molecule has 1 nitrogen and oxygen atoms in total. The third-order valence-corrected chi connectivity index (χ3v) is 3.20. The fourth-order valence-corrected chi connectivity index (χ4v) is 2.45. The molecule has 0 atom stereocenters. The normalized spacial score (nSPS) is 11.1. The van der Waals surface area contributed by atoms with Gasteiger partial charge in [-0.3, -0.25) is 0 Å². The molecule has 0 fully saturated rings. The second kappa shape index (κ2) is 6.55. The van der Waals surface area contributed by atoms with Crippen molar-refractivity contribution in [3.05, 3.63) is 70.8 Å². The third kappa shape index (κ3) is 3.69. The summed E-state index contributed by atoms with van der Waals surface area (Å²) in [5.74, 6) is 0. The van der Waals surface area contributed by atoms with Crippen molar-refractivity contribution in [1.29, 1.82) is 0 Å². The van der Waals surface area contributed by atoms with Gasteiger partial charge in [0.15, 0.2) is 0 Å². The largest absolute Gasteiger partial charge is 0.392 e. The van der Waals surface area contributed by atoms with Crippen LogP contribution in [-0.2, 0) is 6.42 Å². The monoisotopic (exact) mass is 272 g/mol. The first-order chi connectivity index (χ1) is 9.20. The topological polar surface area (TPSA) is 20.2 Å². The van der Waals surface area contributed by atoms with Crippen molar-refractivity contribution < 1.29 is 5.11 Å². The zero-order valence-corrected chi connectivity index (χ0v) is 11.7. The van der Waals surface area contributed by atoms with E-state index >= 15 is 0 Å². The van der Waals surface area contributed by atoms with E-state index in [9.17, 15) is 0 Å². The highest BCUT2D eigenvalue weighted by atomic mass is 35.5. The maximum Gasteiger partial charge on any atom is 0.0612 e. The number of aliphatic hydroxyl groups is 1. The molecule has 0 amide bonds. The minimum absolute atomic E-state index is 0.0818. The minimum atomic E-state index is 0.0818. The highest BCUT2D eigenvalue weighted by Crippen LogP contribution is 2.28. The lowest BCUT2D eigenvalue weighted by Crippen LogP contribution is -1.89. The highest BCUT2D eigenvalue weighted by Gasteiger charge is 2.05. The molecule has 2 aromatic rings. The van der Waals surface area contributed by atoms with Gasteiger partial charge in [0.05, 0.1) is 6.61 Å². The smallest absolute Gasteiger partial charge is 0.0612 e. The van der Waals surface area contributed by atoms with Crippen LogP contribution in [-0.4, -0.2) is 11.7 Å². The number of halogens is 1. The summed E-state index contributed by atoms with van der Waals surface area (Å²) in [6.07, 6.45) is 4.55. The van der Waals surface area contributed by atoms with Gasteiger partial charge >= 0.3 is 0 Å². The van der Waals surface area contributed by atoms with Crippen molar-refractivity contribution in [3.8, 4) is 11.1 Å². The fraction of sp³-hybridized carbons (Fsp3) is 0.176. The maximum absolute atomic E-state index is 8.80. The first kappa shape index (κ1) is 13.9. The second-order valence-corrected chi connectivity index (χ2v) is 4.97. The molecule has 2 heteroatoms. The van der Waals surface area contributed by atoms with Crippen molar-refractivity contribution in [3.63, 3.8) is 0 Å². The first-order valence-corrected chi connectivity index (χ1v) is 6.70. The summed E-state index contributed by atoms with van der Waals surface area (Å²) in [5, 5.41) is 9.56. The average Bonchev–Trinajstić information content (AvgIpc) is 2.38. The molecule has 0 aromatic heterocycles. The van der Waals surface area contributed by atoms with Crippen LogP contribution in [0.15, 0.2) is 54.6 Å². The summed E-state index contributed by atoms with van der Waals surface area (Å²) in [7, 11) is 0. The molecule has 0 heterocycles. The molecule has 2 rings (SSSR count). The molecule has 0 aliphatic heterocycles. The van der Waals surface area contributed by atoms with Gasteiger partial charge in [0.2, 0.25) is 0 Å². The van der Waals surface area contributed by atoms with E-state index in [-0.39, 0.29) is 6.61 Å². The lowest BCUT2D eigenvalue weighted by Gasteiger charge is -2.09. The van der Waals surface area contributed by atoms with Crippen LogP contribution >= 0.6 is 11.6 Å². The predicted octanol–water partition coefficient (Wildman–Crippen LogP) is 4.41. The number of rotatable bonds is 4. The van der Waals surface area contributed by atoms with Crippen LogP contribution < -0.4 is 0 Å². The number of allylic oxidation sites excluding steroid dienone is 1. The first-order valence-electron chi connectivity index (χ1n) is 6.32. The Morgan fingerprint density at radius 2 is 1.89 bits per heavy atom. The van der Waals surface area contributed by atoms with E-state index in [2.05, 4.69) is 18.2 Å². The van der Waals surface area contributed by atoms with Crippen molar-refractivity contribution in [1.82, 2.24) is 0 Å². The van der Waals surface area contributed by atoms with Crippen LogP contribution in [0.4, 0.5) is 0 Å². The van der Waals surface area contributed by atoms with Crippen LogP contribution in [0.2, 0.25) is 5.02 Å². The van der Waals surface area contributed by atoms with Crippen molar-refractivity contribution in [2.75, 3.05) is 6.61 Å². The maximum atomic E-state index is 8.80. The van der Waals surface area contributed by atoms with E-state index in [0.29, 0.717) is 0 Å². The van der Waals surface area contributed by atoms with E-state index in [1.807, 2.05) is 37.3 Å². The molecular weight excluding hydrogens is 256 g/mol. The Labute approximate surface area is 119 Å². The zero-order valence-electron chi connectivity index (χ0n) is 10.9. The molecule has 0 radical (unpaired) electrons. The quantitative estimate of drug-likeness (QED) is 0.818. The Kier molecular flexibility index (Phi) is 4.78. The van der Waals surface area contributed by atoms with Gasteiger partial charge < -0.3 is 5.11 Å². The Morgan fingerprint density at radius 1 is 1.11 bits per heavy atom. The fourth-order valence-electron chi connectivity index (χ4n) is 2.16. The summed E-state index contributed by atoms with van der Waals surface area (Å²) >= 11 is 6.13. The third-order valence-electron chi connectivity index (χ3n) is 2.98. The van der Waals surface area contributed by atoms with E-state index < -0.39 is 0 Å². The Balaban J connectivity index is 2.40. The van der Waals surface area contributed by atoms with Gasteiger partial charge in [0.25, 0.3) is 0 Å². The Hall–Kier alpha value is -1.57. The zero-order chi connectivity index (χ0) is 13.7. The Bertz CT molecular complexity index is 567. The Morgan fingerprint density at radius 3 is 2.63 bits per heavy atom. The second-order valence-electron chi connectivity index (χ2n) is 4.53. The minimum Gasteiger partial charge on any atom is -0.392 e. The van der Waals surface area contributed by atoms with Gasteiger partial charge in [-0.15, -0.1) is 0 Å². The van der Waals surface area contributed by atoms with E-state index in [4.69, 9.17) is 16.7 Å². The SMILES string of the molecule is Cc1cc(Cl)cc(-c2ccccc2CC=CCO)c1. The molecule has 2 aromatic carbocycles. The summed E-state index contributed by atoms with van der Waals surface area (Å²) in [6, 6.07) is 14.4. The van der Waals surface area contributed by atoms with Gasteiger partial charge in [0.1, 0.15) is 0 Å². The molecule has 98 valence electrons. The van der Waals surface area contributed by atoms with Gasteiger partial charge in [-0.25, -0.2) is 0 Å². The van der Waals surface area contributed by atoms with Crippen LogP contribution in [0.1, 0.15) is 11.1 Å². The molecule has 0 bridgehead atoms. The molecule has 0 aliphatic rings. The van der Waals surface area contributed by atoms with Crippen LogP contribution in [0, 0.1) is 6.92 Å². The van der Waals surface area contributed by atoms with Crippen LogP contribution in [0.5, 0.6) is 0 Å². The van der Waals surface area contributed by atoms with Crippen LogP contribution in [0.25, 0.3) is 11.1 Å². The molecule has 19 heavy (non-hydrogen) atoms. The van der Waals surface area contributed by atoms with E-state index in [1.54, 1.807) is 6.08 Å². The predicted molar refractivity (Wildman–Crippen MR) is 81.6 cm³/mol. The average molecular weight is 273 g/mol. The van der Waals surface area contributed by atoms with Gasteiger partial charge in [0, 0.05) is 5.02 Å². The molecule has 0 saturated carbocycles.